The Morgan fingerprint density at radius 3 is 2.93 bits per heavy atom. The largest absolute Gasteiger partial charge is 0.325 e. The minimum atomic E-state index is 0.0139. The predicted molar refractivity (Wildman–Crippen MR) is 57.7 cm³/mol. The fourth-order valence-electron chi connectivity index (χ4n) is 1.61. The van der Waals surface area contributed by atoms with Crippen LogP contribution in [0, 0.1) is 0 Å². The van der Waals surface area contributed by atoms with Gasteiger partial charge in [0.1, 0.15) is 6.17 Å². The molecule has 0 spiro atoms. The smallest absolute Gasteiger partial charge is 0.237 e. The monoisotopic (exact) mass is 254 g/mol. The number of halogens is 1. The van der Waals surface area contributed by atoms with Crippen LogP contribution in [-0.2, 0) is 4.79 Å². The van der Waals surface area contributed by atoms with Crippen LogP contribution in [-0.4, -0.2) is 24.4 Å². The van der Waals surface area contributed by atoms with E-state index in [0.29, 0.717) is 6.54 Å². The van der Waals surface area contributed by atoms with Gasteiger partial charge in [-0.25, -0.2) is 0 Å². The molecule has 1 saturated heterocycles. The van der Waals surface area contributed by atoms with Crippen molar-refractivity contribution in [3.05, 3.63) is 34.3 Å². The molecular formula is C10H11BrN2O. The molecule has 1 unspecified atom stereocenters. The van der Waals surface area contributed by atoms with Gasteiger partial charge >= 0.3 is 0 Å². The summed E-state index contributed by atoms with van der Waals surface area (Å²) >= 11 is 3.41. The number of amides is 1. The first-order valence-corrected chi connectivity index (χ1v) is 5.22. The summed E-state index contributed by atoms with van der Waals surface area (Å²) < 4.78 is 1.03. The highest BCUT2D eigenvalue weighted by atomic mass is 79.9. The highest BCUT2D eigenvalue weighted by Gasteiger charge is 2.27. The van der Waals surface area contributed by atoms with Gasteiger partial charge in [-0.3, -0.25) is 10.1 Å². The van der Waals surface area contributed by atoms with E-state index in [2.05, 4.69) is 21.2 Å². The Labute approximate surface area is 91.2 Å². The molecule has 4 heteroatoms. The molecule has 0 aliphatic carbocycles. The lowest BCUT2D eigenvalue weighted by atomic mass is 10.2. The van der Waals surface area contributed by atoms with E-state index in [-0.39, 0.29) is 12.1 Å². The SMILES string of the molecule is CN1C(=O)CNC1c1cccc(Br)c1. The first-order chi connectivity index (χ1) is 6.68. The Kier molecular flexibility index (Phi) is 2.56. The van der Waals surface area contributed by atoms with Gasteiger partial charge in [0.25, 0.3) is 0 Å². The second kappa shape index (κ2) is 3.71. The fourth-order valence-corrected chi connectivity index (χ4v) is 2.02. The maximum absolute atomic E-state index is 11.3. The fraction of sp³-hybridized carbons (Fsp3) is 0.300. The predicted octanol–water partition coefficient (Wildman–Crippen LogP) is 1.51. The number of likely N-dealkylation sites (N-methyl/N-ethyl adjacent to an activating group) is 1. The van der Waals surface area contributed by atoms with E-state index < -0.39 is 0 Å². The number of benzene rings is 1. The molecule has 1 fully saturated rings. The number of carbonyl (C=O) groups is 1. The second-order valence-electron chi connectivity index (χ2n) is 3.34. The van der Waals surface area contributed by atoms with Crippen molar-refractivity contribution >= 4 is 21.8 Å². The molecule has 2 rings (SSSR count). The van der Waals surface area contributed by atoms with Gasteiger partial charge in [-0.05, 0) is 17.7 Å². The van der Waals surface area contributed by atoms with Crippen LogP contribution in [0.1, 0.15) is 11.7 Å². The van der Waals surface area contributed by atoms with Gasteiger partial charge in [0, 0.05) is 11.5 Å². The van der Waals surface area contributed by atoms with Crippen LogP contribution in [0.25, 0.3) is 0 Å². The molecule has 1 amide bonds. The van der Waals surface area contributed by atoms with Gasteiger partial charge in [-0.2, -0.15) is 0 Å². The quantitative estimate of drug-likeness (QED) is 0.824. The van der Waals surface area contributed by atoms with E-state index in [1.54, 1.807) is 4.90 Å². The lowest BCUT2D eigenvalue weighted by Crippen LogP contribution is -2.25. The molecule has 1 aliphatic rings. The van der Waals surface area contributed by atoms with Crippen LogP contribution in [0.5, 0.6) is 0 Å². The standard InChI is InChI=1S/C10H11BrN2O/c1-13-9(14)6-12-10(13)7-3-2-4-8(11)5-7/h2-5,10,12H,6H2,1H3. The number of rotatable bonds is 1. The van der Waals surface area contributed by atoms with E-state index in [4.69, 9.17) is 0 Å². The molecule has 0 saturated carbocycles. The molecule has 1 atom stereocenters. The molecule has 1 aromatic carbocycles. The molecule has 1 aliphatic heterocycles. The van der Waals surface area contributed by atoms with E-state index in [9.17, 15) is 4.79 Å². The number of nitrogens with zero attached hydrogens (tertiary/aromatic N) is 1. The van der Waals surface area contributed by atoms with Crippen LogP contribution < -0.4 is 5.32 Å². The van der Waals surface area contributed by atoms with E-state index in [1.165, 1.54) is 0 Å². The summed E-state index contributed by atoms with van der Waals surface area (Å²) in [5, 5.41) is 3.16. The summed E-state index contributed by atoms with van der Waals surface area (Å²) in [6, 6.07) is 7.97. The van der Waals surface area contributed by atoms with Crippen LogP contribution in [0.4, 0.5) is 0 Å². The molecule has 0 radical (unpaired) electrons. The van der Waals surface area contributed by atoms with Gasteiger partial charge in [-0.1, -0.05) is 28.1 Å². The van der Waals surface area contributed by atoms with Crippen LogP contribution in [0.15, 0.2) is 28.7 Å². The van der Waals surface area contributed by atoms with Crippen LogP contribution >= 0.6 is 15.9 Å². The minimum absolute atomic E-state index is 0.0139. The average molecular weight is 255 g/mol. The Morgan fingerprint density at radius 2 is 2.36 bits per heavy atom. The first kappa shape index (κ1) is 9.68. The van der Waals surface area contributed by atoms with Gasteiger partial charge in [0.2, 0.25) is 5.91 Å². The van der Waals surface area contributed by atoms with Gasteiger partial charge in [0.15, 0.2) is 0 Å². The first-order valence-electron chi connectivity index (χ1n) is 4.43. The molecule has 1 N–H and O–H groups in total. The summed E-state index contributed by atoms with van der Waals surface area (Å²) in [4.78, 5) is 13.0. The Balaban J connectivity index is 2.28. The normalized spacial score (nSPS) is 21.7. The summed E-state index contributed by atoms with van der Waals surface area (Å²) in [5.74, 6) is 0.134. The molecule has 1 aromatic rings. The third-order valence-corrected chi connectivity index (χ3v) is 2.88. The van der Waals surface area contributed by atoms with Crippen molar-refractivity contribution in [3.8, 4) is 0 Å². The topological polar surface area (TPSA) is 32.3 Å². The summed E-state index contributed by atoms with van der Waals surface area (Å²) in [5.41, 5.74) is 1.10. The van der Waals surface area contributed by atoms with Crippen molar-refractivity contribution in [2.45, 2.75) is 6.17 Å². The molecular weight excluding hydrogens is 244 g/mol. The molecule has 14 heavy (non-hydrogen) atoms. The molecule has 3 nitrogen and oxygen atoms in total. The van der Waals surface area contributed by atoms with Gasteiger partial charge in [-0.15, -0.1) is 0 Å². The van der Waals surface area contributed by atoms with Crippen molar-refractivity contribution in [1.29, 1.82) is 0 Å². The third-order valence-electron chi connectivity index (χ3n) is 2.39. The average Bonchev–Trinajstić information content (AvgIpc) is 2.48. The Hall–Kier alpha value is -0.870. The van der Waals surface area contributed by atoms with Crippen molar-refractivity contribution in [2.75, 3.05) is 13.6 Å². The van der Waals surface area contributed by atoms with Gasteiger partial charge in [0.05, 0.1) is 6.54 Å². The zero-order chi connectivity index (χ0) is 10.1. The molecule has 1 heterocycles. The lowest BCUT2D eigenvalue weighted by molar-refractivity contribution is -0.126. The highest BCUT2D eigenvalue weighted by molar-refractivity contribution is 9.10. The van der Waals surface area contributed by atoms with E-state index in [0.717, 1.165) is 10.0 Å². The Bertz CT molecular complexity index is 367. The van der Waals surface area contributed by atoms with Crippen LogP contribution in [0.3, 0.4) is 0 Å². The minimum Gasteiger partial charge on any atom is -0.325 e. The summed E-state index contributed by atoms with van der Waals surface area (Å²) in [6.07, 6.45) is 0.0139. The number of hydrogen-bond donors (Lipinski definition) is 1. The highest BCUT2D eigenvalue weighted by Crippen LogP contribution is 2.23. The lowest BCUT2D eigenvalue weighted by Gasteiger charge is -2.19. The van der Waals surface area contributed by atoms with Crippen molar-refractivity contribution in [3.63, 3.8) is 0 Å². The molecule has 74 valence electrons. The summed E-state index contributed by atoms with van der Waals surface area (Å²) in [7, 11) is 1.81. The maximum Gasteiger partial charge on any atom is 0.237 e. The zero-order valence-corrected chi connectivity index (χ0v) is 9.41. The third kappa shape index (κ3) is 1.67. The van der Waals surface area contributed by atoms with Crippen molar-refractivity contribution in [1.82, 2.24) is 10.2 Å². The Morgan fingerprint density at radius 1 is 1.57 bits per heavy atom. The molecule has 0 bridgehead atoms. The number of nitrogens with one attached hydrogen (secondary N) is 1. The number of hydrogen-bond acceptors (Lipinski definition) is 2. The maximum atomic E-state index is 11.3. The van der Waals surface area contributed by atoms with Crippen molar-refractivity contribution < 1.29 is 4.79 Å². The van der Waals surface area contributed by atoms with E-state index >= 15 is 0 Å². The van der Waals surface area contributed by atoms with Crippen molar-refractivity contribution in [2.24, 2.45) is 0 Å². The second-order valence-corrected chi connectivity index (χ2v) is 4.26. The van der Waals surface area contributed by atoms with E-state index in [1.807, 2.05) is 31.3 Å². The number of carbonyl (C=O) groups excluding carboxylic acids is 1. The molecule has 0 aromatic heterocycles. The summed E-state index contributed by atoms with van der Waals surface area (Å²) in [6.45, 7) is 0.424. The zero-order valence-electron chi connectivity index (χ0n) is 7.83. The van der Waals surface area contributed by atoms with Crippen LogP contribution in [0.2, 0.25) is 0 Å². The van der Waals surface area contributed by atoms with Gasteiger partial charge < -0.3 is 4.90 Å².